The van der Waals surface area contributed by atoms with Crippen molar-refractivity contribution in [2.24, 2.45) is 0 Å². The Morgan fingerprint density at radius 1 is 0.920 bits per heavy atom. The number of hydrogen-bond acceptors (Lipinski definition) is 3. The molecule has 0 N–H and O–H groups in total. The summed E-state index contributed by atoms with van der Waals surface area (Å²) in [6.45, 7) is 8.74. The van der Waals surface area contributed by atoms with Crippen LogP contribution in [0, 0.1) is 6.92 Å². The van der Waals surface area contributed by atoms with E-state index in [0.717, 1.165) is 12.2 Å². The average Bonchev–Trinajstić information content (AvgIpc) is 2.63. The van der Waals surface area contributed by atoms with Crippen LogP contribution >= 0.6 is 0 Å². The number of benzene rings is 2. The van der Waals surface area contributed by atoms with Crippen LogP contribution in [0.5, 0.6) is 5.75 Å². The summed E-state index contributed by atoms with van der Waals surface area (Å²) < 4.78 is 5.96. The van der Waals surface area contributed by atoms with Crippen LogP contribution in [0.1, 0.15) is 23.1 Å². The van der Waals surface area contributed by atoms with Crippen molar-refractivity contribution in [3.8, 4) is 5.75 Å². The molecule has 3 rings (SSSR count). The van der Waals surface area contributed by atoms with Crippen molar-refractivity contribution in [2.45, 2.75) is 26.4 Å². The third-order valence-corrected chi connectivity index (χ3v) is 4.96. The highest BCUT2D eigenvalue weighted by molar-refractivity contribution is 5.29. The van der Waals surface area contributed by atoms with Gasteiger partial charge in [-0.1, -0.05) is 42.0 Å². The summed E-state index contributed by atoms with van der Waals surface area (Å²) in [7, 11) is 2.21. The predicted molar refractivity (Wildman–Crippen MR) is 104 cm³/mol. The molecular formula is C22H30N2O. The maximum absolute atomic E-state index is 5.96. The van der Waals surface area contributed by atoms with E-state index < -0.39 is 0 Å². The molecule has 2 aromatic rings. The number of rotatable bonds is 7. The highest BCUT2D eigenvalue weighted by Gasteiger charge is 2.12. The second-order valence-electron chi connectivity index (χ2n) is 7.17. The van der Waals surface area contributed by atoms with Crippen LogP contribution < -0.4 is 4.74 Å². The minimum Gasteiger partial charge on any atom is -0.489 e. The van der Waals surface area contributed by atoms with Crippen LogP contribution in [0.25, 0.3) is 0 Å². The number of aryl methyl sites for hydroxylation is 2. The quantitative estimate of drug-likeness (QED) is 0.765. The molecule has 0 radical (unpaired) electrons. The van der Waals surface area contributed by atoms with E-state index in [1.165, 1.54) is 55.8 Å². The van der Waals surface area contributed by atoms with Gasteiger partial charge in [-0.2, -0.15) is 0 Å². The number of nitrogens with zero attached hydrogens (tertiary/aromatic N) is 2. The van der Waals surface area contributed by atoms with Gasteiger partial charge in [-0.15, -0.1) is 0 Å². The highest BCUT2D eigenvalue weighted by Crippen LogP contribution is 2.17. The summed E-state index contributed by atoms with van der Waals surface area (Å²) in [4.78, 5) is 4.99. The zero-order chi connectivity index (χ0) is 17.5. The smallest absolute Gasteiger partial charge is 0.120 e. The van der Waals surface area contributed by atoms with Crippen molar-refractivity contribution in [3.63, 3.8) is 0 Å². The first kappa shape index (κ1) is 18.0. The summed E-state index contributed by atoms with van der Waals surface area (Å²) in [6.07, 6.45) is 2.33. The number of piperazine rings is 1. The molecule has 25 heavy (non-hydrogen) atoms. The first-order valence-corrected chi connectivity index (χ1v) is 9.37. The fraction of sp³-hybridized carbons (Fsp3) is 0.455. The number of ether oxygens (including phenoxy) is 1. The zero-order valence-corrected chi connectivity index (χ0v) is 15.6. The van der Waals surface area contributed by atoms with E-state index in [2.05, 4.69) is 72.3 Å². The third-order valence-electron chi connectivity index (χ3n) is 4.96. The number of likely N-dealkylation sites (N-methyl/N-ethyl adjacent to an activating group) is 1. The van der Waals surface area contributed by atoms with E-state index in [9.17, 15) is 0 Å². The van der Waals surface area contributed by atoms with Crippen molar-refractivity contribution in [2.75, 3.05) is 39.8 Å². The highest BCUT2D eigenvalue weighted by atomic mass is 16.5. The zero-order valence-electron chi connectivity index (χ0n) is 15.6. The van der Waals surface area contributed by atoms with Gasteiger partial charge in [0.1, 0.15) is 12.4 Å². The van der Waals surface area contributed by atoms with Crippen molar-refractivity contribution in [1.29, 1.82) is 0 Å². The molecule has 1 fully saturated rings. The minimum absolute atomic E-state index is 0.630. The Labute approximate surface area is 152 Å². The summed E-state index contributed by atoms with van der Waals surface area (Å²) in [5.41, 5.74) is 3.87. The predicted octanol–water partition coefficient (Wildman–Crippen LogP) is 3.75. The fourth-order valence-corrected chi connectivity index (χ4v) is 3.22. The molecule has 0 amide bonds. The minimum atomic E-state index is 0.630. The summed E-state index contributed by atoms with van der Waals surface area (Å²) in [5, 5.41) is 0. The molecule has 0 aromatic heterocycles. The Kier molecular flexibility index (Phi) is 6.48. The molecule has 0 saturated carbocycles. The molecule has 3 nitrogen and oxygen atoms in total. The molecule has 1 heterocycles. The second kappa shape index (κ2) is 9.02. The van der Waals surface area contributed by atoms with Gasteiger partial charge in [0.05, 0.1) is 0 Å². The van der Waals surface area contributed by atoms with Gasteiger partial charge < -0.3 is 14.5 Å². The van der Waals surface area contributed by atoms with Gasteiger partial charge >= 0.3 is 0 Å². The molecule has 0 aliphatic carbocycles. The van der Waals surface area contributed by atoms with Crippen LogP contribution in [-0.4, -0.2) is 49.6 Å². The lowest BCUT2D eigenvalue weighted by Gasteiger charge is -2.32. The van der Waals surface area contributed by atoms with Crippen LogP contribution in [0.4, 0.5) is 0 Å². The molecule has 0 spiro atoms. The van der Waals surface area contributed by atoms with Gasteiger partial charge in [0.15, 0.2) is 0 Å². The van der Waals surface area contributed by atoms with Crippen molar-refractivity contribution in [3.05, 3.63) is 65.2 Å². The van der Waals surface area contributed by atoms with Gasteiger partial charge in [-0.05, 0) is 56.6 Å². The van der Waals surface area contributed by atoms with E-state index in [1.807, 2.05) is 0 Å². The van der Waals surface area contributed by atoms with Crippen LogP contribution in [-0.2, 0) is 13.0 Å². The topological polar surface area (TPSA) is 15.7 Å². The molecule has 1 aliphatic heterocycles. The average molecular weight is 338 g/mol. The van der Waals surface area contributed by atoms with Gasteiger partial charge in [0, 0.05) is 26.2 Å². The molecule has 0 unspecified atom stereocenters. The molecule has 0 atom stereocenters. The monoisotopic (exact) mass is 338 g/mol. The summed E-state index contributed by atoms with van der Waals surface area (Å²) >= 11 is 0. The third kappa shape index (κ3) is 5.87. The normalized spacial score (nSPS) is 16.1. The molecule has 1 saturated heterocycles. The van der Waals surface area contributed by atoms with E-state index >= 15 is 0 Å². The van der Waals surface area contributed by atoms with Gasteiger partial charge in [-0.3, -0.25) is 0 Å². The van der Waals surface area contributed by atoms with E-state index in [0.29, 0.717) is 6.61 Å². The molecule has 3 heteroatoms. The molecule has 1 aliphatic rings. The van der Waals surface area contributed by atoms with E-state index in [-0.39, 0.29) is 0 Å². The first-order valence-electron chi connectivity index (χ1n) is 9.37. The fourth-order valence-electron chi connectivity index (χ4n) is 3.22. The Morgan fingerprint density at radius 2 is 1.68 bits per heavy atom. The summed E-state index contributed by atoms with van der Waals surface area (Å²) in [5.74, 6) is 0.970. The Hall–Kier alpha value is -1.84. The van der Waals surface area contributed by atoms with E-state index in [1.54, 1.807) is 0 Å². The Morgan fingerprint density at radius 3 is 2.44 bits per heavy atom. The lowest BCUT2D eigenvalue weighted by molar-refractivity contribution is 0.153. The summed E-state index contributed by atoms with van der Waals surface area (Å²) in [6, 6.07) is 17.1. The molecule has 134 valence electrons. The second-order valence-corrected chi connectivity index (χ2v) is 7.17. The van der Waals surface area contributed by atoms with Gasteiger partial charge in [0.25, 0.3) is 0 Å². The maximum atomic E-state index is 5.96. The van der Waals surface area contributed by atoms with Crippen LogP contribution in [0.3, 0.4) is 0 Å². The molecule has 0 bridgehead atoms. The Balaban J connectivity index is 1.43. The van der Waals surface area contributed by atoms with Crippen LogP contribution in [0.15, 0.2) is 48.5 Å². The van der Waals surface area contributed by atoms with Gasteiger partial charge in [0.2, 0.25) is 0 Å². The van der Waals surface area contributed by atoms with E-state index in [4.69, 9.17) is 4.74 Å². The first-order chi connectivity index (χ1) is 12.2. The SMILES string of the molecule is Cc1ccc(COc2cccc(CCCN3CCN(C)CC3)c2)cc1. The van der Waals surface area contributed by atoms with Crippen molar-refractivity contribution >= 4 is 0 Å². The Bertz CT molecular complexity index is 645. The largest absolute Gasteiger partial charge is 0.489 e. The van der Waals surface area contributed by atoms with Gasteiger partial charge in [-0.25, -0.2) is 0 Å². The molecular weight excluding hydrogens is 308 g/mol. The lowest BCUT2D eigenvalue weighted by Crippen LogP contribution is -2.44. The van der Waals surface area contributed by atoms with Crippen molar-refractivity contribution in [1.82, 2.24) is 9.80 Å². The lowest BCUT2D eigenvalue weighted by atomic mass is 10.1. The standard InChI is InChI=1S/C22H30N2O/c1-19-8-10-21(11-9-19)18-25-22-7-3-5-20(17-22)6-4-12-24-15-13-23(2)14-16-24/h3,5,7-11,17H,4,6,12-16,18H2,1-2H3. The number of hydrogen-bond donors (Lipinski definition) is 0. The maximum Gasteiger partial charge on any atom is 0.120 e. The van der Waals surface area contributed by atoms with Crippen molar-refractivity contribution < 1.29 is 4.74 Å². The van der Waals surface area contributed by atoms with Crippen LogP contribution in [0.2, 0.25) is 0 Å². The molecule has 2 aromatic carbocycles.